The van der Waals surface area contributed by atoms with Gasteiger partial charge in [-0.1, -0.05) is 6.92 Å². The van der Waals surface area contributed by atoms with Crippen LogP contribution in [0.3, 0.4) is 0 Å². The predicted octanol–water partition coefficient (Wildman–Crippen LogP) is 1.10. The third-order valence-electron chi connectivity index (χ3n) is 3.96. The Bertz CT molecular complexity index is 725. The monoisotopic (exact) mass is 339 g/mol. The molecule has 1 saturated heterocycles. The number of hydrogen-bond acceptors (Lipinski definition) is 5. The summed E-state index contributed by atoms with van der Waals surface area (Å²) in [7, 11) is -3.55. The molecule has 0 aliphatic carbocycles. The van der Waals surface area contributed by atoms with Gasteiger partial charge in [-0.3, -0.25) is 4.68 Å². The minimum atomic E-state index is -3.55. The molecule has 2 aromatic heterocycles. The summed E-state index contributed by atoms with van der Waals surface area (Å²) < 4.78 is 36.6. The minimum Gasteiger partial charge on any atom is -0.464 e. The molecule has 3 heterocycles. The van der Waals surface area contributed by atoms with E-state index >= 15 is 0 Å². The summed E-state index contributed by atoms with van der Waals surface area (Å²) in [6.07, 6.45) is 5.39. The molecule has 3 rings (SSSR count). The Balaban J connectivity index is 1.65. The fourth-order valence-electron chi connectivity index (χ4n) is 2.80. The lowest BCUT2D eigenvalue weighted by atomic mass is 10.2. The molecular formula is C14H21N5O3S. The normalized spacial score (nSPS) is 19.4. The van der Waals surface area contributed by atoms with Gasteiger partial charge in [-0.25, -0.2) is 9.71 Å². The highest BCUT2D eigenvalue weighted by molar-refractivity contribution is 7.87. The molecule has 1 fully saturated rings. The lowest BCUT2D eigenvalue weighted by molar-refractivity contribution is 0.327. The first-order valence-electron chi connectivity index (χ1n) is 7.77. The number of rotatable bonds is 7. The molecule has 0 spiro atoms. The molecule has 126 valence electrons. The van der Waals surface area contributed by atoms with E-state index in [4.69, 9.17) is 4.42 Å². The van der Waals surface area contributed by atoms with E-state index in [1.165, 1.54) is 10.6 Å². The second-order valence-electron chi connectivity index (χ2n) is 5.48. The van der Waals surface area contributed by atoms with Crippen molar-refractivity contribution >= 4 is 10.2 Å². The number of aromatic nitrogens is 3. The Morgan fingerprint density at radius 2 is 2.30 bits per heavy atom. The molecule has 8 nitrogen and oxygen atoms in total. The Morgan fingerprint density at radius 1 is 1.43 bits per heavy atom. The van der Waals surface area contributed by atoms with Crippen LogP contribution in [-0.4, -0.2) is 40.6 Å². The molecule has 1 aliphatic heterocycles. The van der Waals surface area contributed by atoms with Gasteiger partial charge in [0.2, 0.25) is 0 Å². The molecule has 1 N–H and O–H groups in total. The van der Waals surface area contributed by atoms with Gasteiger partial charge in [-0.05, 0) is 25.0 Å². The van der Waals surface area contributed by atoms with E-state index < -0.39 is 10.2 Å². The maximum absolute atomic E-state index is 12.5. The first-order valence-corrected chi connectivity index (χ1v) is 9.21. The predicted molar refractivity (Wildman–Crippen MR) is 83.7 cm³/mol. The van der Waals surface area contributed by atoms with Crippen LogP contribution in [0.15, 0.2) is 29.2 Å². The van der Waals surface area contributed by atoms with Gasteiger partial charge in [0.25, 0.3) is 10.2 Å². The number of nitrogens with zero attached hydrogens (tertiary/aromatic N) is 4. The highest BCUT2D eigenvalue weighted by Gasteiger charge is 2.36. The number of furan rings is 1. The first-order chi connectivity index (χ1) is 11.1. The van der Waals surface area contributed by atoms with Crippen molar-refractivity contribution in [2.24, 2.45) is 0 Å². The minimum absolute atomic E-state index is 0.223. The molecule has 0 bridgehead atoms. The van der Waals surface area contributed by atoms with E-state index in [1.807, 2.05) is 19.1 Å². The van der Waals surface area contributed by atoms with Crippen LogP contribution in [0.5, 0.6) is 0 Å². The zero-order valence-electron chi connectivity index (χ0n) is 13.1. The zero-order valence-corrected chi connectivity index (χ0v) is 13.9. The first kappa shape index (κ1) is 16.2. The van der Waals surface area contributed by atoms with Gasteiger partial charge < -0.3 is 4.42 Å². The van der Waals surface area contributed by atoms with Crippen molar-refractivity contribution in [3.8, 4) is 0 Å². The van der Waals surface area contributed by atoms with E-state index in [2.05, 4.69) is 14.8 Å². The average Bonchev–Trinajstić information content (AvgIpc) is 3.27. The molecule has 1 atom stereocenters. The summed E-state index contributed by atoms with van der Waals surface area (Å²) in [5.74, 6) is 1.60. The van der Waals surface area contributed by atoms with Crippen LogP contribution in [0.1, 0.15) is 37.3 Å². The maximum atomic E-state index is 12.5. The second kappa shape index (κ2) is 6.81. The lowest BCUT2D eigenvalue weighted by Gasteiger charge is -2.22. The van der Waals surface area contributed by atoms with Crippen molar-refractivity contribution in [3.63, 3.8) is 0 Å². The van der Waals surface area contributed by atoms with Crippen LogP contribution < -0.4 is 4.72 Å². The molecule has 0 saturated carbocycles. The SMILES string of the molecule is CCc1ccc(C2CCCN2S(=O)(=O)NCCn2cncn2)o1. The van der Waals surface area contributed by atoms with E-state index in [1.54, 1.807) is 11.0 Å². The van der Waals surface area contributed by atoms with E-state index in [-0.39, 0.29) is 12.6 Å². The number of aryl methyl sites for hydroxylation is 1. The van der Waals surface area contributed by atoms with Crippen LogP contribution >= 0.6 is 0 Å². The van der Waals surface area contributed by atoms with Crippen molar-refractivity contribution in [1.29, 1.82) is 0 Å². The molecule has 9 heteroatoms. The molecule has 0 radical (unpaired) electrons. The van der Waals surface area contributed by atoms with Crippen molar-refractivity contribution in [1.82, 2.24) is 23.8 Å². The highest BCUT2D eigenvalue weighted by atomic mass is 32.2. The molecule has 0 aromatic carbocycles. The highest BCUT2D eigenvalue weighted by Crippen LogP contribution is 2.34. The average molecular weight is 339 g/mol. The number of nitrogens with one attached hydrogen (secondary N) is 1. The smallest absolute Gasteiger partial charge is 0.280 e. The van der Waals surface area contributed by atoms with E-state index in [0.29, 0.717) is 13.1 Å². The van der Waals surface area contributed by atoms with Gasteiger partial charge in [-0.2, -0.15) is 17.8 Å². The van der Waals surface area contributed by atoms with Crippen LogP contribution in [0, 0.1) is 0 Å². The summed E-state index contributed by atoms with van der Waals surface area (Å²) in [5, 5.41) is 3.95. The molecule has 1 aliphatic rings. The molecule has 0 amide bonds. The topological polar surface area (TPSA) is 93.3 Å². The van der Waals surface area contributed by atoms with Crippen molar-refractivity contribution in [2.75, 3.05) is 13.1 Å². The van der Waals surface area contributed by atoms with Crippen molar-refractivity contribution in [2.45, 2.75) is 38.8 Å². The van der Waals surface area contributed by atoms with Gasteiger partial charge >= 0.3 is 0 Å². The van der Waals surface area contributed by atoms with Gasteiger partial charge in [-0.15, -0.1) is 0 Å². The molecule has 2 aromatic rings. The summed E-state index contributed by atoms with van der Waals surface area (Å²) in [6.45, 7) is 3.23. The Hall–Kier alpha value is -1.71. The van der Waals surface area contributed by atoms with E-state index in [9.17, 15) is 8.42 Å². The fourth-order valence-corrected chi connectivity index (χ4v) is 4.22. The molecule has 23 heavy (non-hydrogen) atoms. The van der Waals surface area contributed by atoms with Gasteiger partial charge in [0.1, 0.15) is 24.2 Å². The fraction of sp³-hybridized carbons (Fsp3) is 0.571. The van der Waals surface area contributed by atoms with Crippen molar-refractivity contribution in [3.05, 3.63) is 36.3 Å². The summed E-state index contributed by atoms with van der Waals surface area (Å²) in [4.78, 5) is 3.83. The van der Waals surface area contributed by atoms with Crippen LogP contribution in [0.4, 0.5) is 0 Å². The van der Waals surface area contributed by atoms with Crippen molar-refractivity contribution < 1.29 is 12.8 Å². The Kier molecular flexibility index (Phi) is 4.79. The van der Waals surface area contributed by atoms with Gasteiger partial charge in [0, 0.05) is 19.5 Å². The molecular weight excluding hydrogens is 318 g/mol. The standard InChI is InChI=1S/C14H21N5O3S/c1-2-12-5-6-14(22-12)13-4-3-8-19(13)23(20,21)17-7-9-18-11-15-10-16-18/h5-6,10-11,13,17H,2-4,7-9H2,1H3. The van der Waals surface area contributed by atoms with Gasteiger partial charge in [0.05, 0.1) is 12.6 Å². The Morgan fingerprint density at radius 3 is 3.00 bits per heavy atom. The number of hydrogen-bond donors (Lipinski definition) is 1. The maximum Gasteiger partial charge on any atom is 0.280 e. The zero-order chi connectivity index (χ0) is 16.3. The molecule has 1 unspecified atom stereocenters. The summed E-state index contributed by atoms with van der Waals surface area (Å²) in [5.41, 5.74) is 0. The summed E-state index contributed by atoms with van der Waals surface area (Å²) >= 11 is 0. The quantitative estimate of drug-likeness (QED) is 0.815. The second-order valence-corrected chi connectivity index (χ2v) is 7.19. The van der Waals surface area contributed by atoms with Gasteiger partial charge in [0.15, 0.2) is 0 Å². The van der Waals surface area contributed by atoms with E-state index in [0.717, 1.165) is 30.8 Å². The largest absolute Gasteiger partial charge is 0.464 e. The van der Waals surface area contributed by atoms with Crippen LogP contribution in [0.2, 0.25) is 0 Å². The summed E-state index contributed by atoms with van der Waals surface area (Å²) in [6, 6.07) is 3.57. The third kappa shape index (κ3) is 3.62. The van der Waals surface area contributed by atoms with Crippen LogP contribution in [-0.2, 0) is 23.2 Å². The third-order valence-corrected chi connectivity index (χ3v) is 5.59. The lowest BCUT2D eigenvalue weighted by Crippen LogP contribution is -2.41. The Labute approximate surface area is 135 Å². The van der Waals surface area contributed by atoms with Crippen LogP contribution in [0.25, 0.3) is 0 Å².